The van der Waals surface area contributed by atoms with Gasteiger partial charge in [0.1, 0.15) is 0 Å². The molecule has 0 radical (unpaired) electrons. The van der Waals surface area contributed by atoms with E-state index in [-0.39, 0.29) is 0 Å². The molecule has 4 nitrogen and oxygen atoms in total. The van der Waals surface area contributed by atoms with Gasteiger partial charge in [-0.1, -0.05) is 20.8 Å². The Balaban J connectivity index is 3.94. The van der Waals surface area contributed by atoms with Gasteiger partial charge in [-0.3, -0.25) is 4.98 Å². The molecule has 0 spiro atoms. The molecule has 0 saturated heterocycles. The fraction of sp³-hybridized carbons (Fsp3) is 1.00. The molecule has 0 aromatic heterocycles. The highest BCUT2D eigenvalue weighted by Gasteiger charge is 2.39. The van der Waals surface area contributed by atoms with E-state index in [9.17, 15) is 0 Å². The molecule has 0 fully saturated rings. The SMILES string of the molecule is CCN[Si](OC)(OC)OCCC(C)C. The van der Waals surface area contributed by atoms with E-state index in [0.717, 1.165) is 13.0 Å². The van der Waals surface area contributed by atoms with E-state index < -0.39 is 8.97 Å². The maximum Gasteiger partial charge on any atom is 0.596 e. The first-order valence-corrected chi connectivity index (χ1v) is 6.82. The Morgan fingerprint density at radius 1 is 1.21 bits per heavy atom. The van der Waals surface area contributed by atoms with Crippen LogP contribution in [0.3, 0.4) is 0 Å². The van der Waals surface area contributed by atoms with Crippen LogP contribution < -0.4 is 4.98 Å². The summed E-state index contributed by atoms with van der Waals surface area (Å²) in [5.41, 5.74) is 0. The van der Waals surface area contributed by atoms with Crippen molar-refractivity contribution in [3.8, 4) is 0 Å². The molecule has 0 atom stereocenters. The molecule has 0 aromatic rings. The molecular formula is C9H23NO3Si. The van der Waals surface area contributed by atoms with Crippen LogP contribution >= 0.6 is 0 Å². The number of rotatable bonds is 8. The third-order valence-electron chi connectivity index (χ3n) is 1.92. The van der Waals surface area contributed by atoms with Crippen molar-refractivity contribution >= 4 is 8.97 Å². The highest BCUT2D eigenvalue weighted by Crippen LogP contribution is 2.06. The van der Waals surface area contributed by atoms with Crippen LogP contribution in [0.15, 0.2) is 0 Å². The summed E-state index contributed by atoms with van der Waals surface area (Å²) in [6.07, 6.45) is 1.02. The van der Waals surface area contributed by atoms with Crippen molar-refractivity contribution in [2.24, 2.45) is 5.92 Å². The first-order chi connectivity index (χ1) is 6.60. The lowest BCUT2D eigenvalue weighted by Gasteiger charge is -2.26. The van der Waals surface area contributed by atoms with E-state index in [1.165, 1.54) is 0 Å². The van der Waals surface area contributed by atoms with Crippen LogP contribution in [0.5, 0.6) is 0 Å². The van der Waals surface area contributed by atoms with E-state index in [4.69, 9.17) is 13.3 Å². The molecule has 0 aliphatic heterocycles. The molecule has 0 aromatic carbocycles. The Bertz CT molecular complexity index is 140. The Kier molecular flexibility index (Phi) is 7.39. The molecule has 86 valence electrons. The molecule has 1 N–H and O–H groups in total. The first kappa shape index (κ1) is 14.1. The van der Waals surface area contributed by atoms with Crippen LogP contribution in [-0.4, -0.2) is 36.3 Å². The summed E-state index contributed by atoms with van der Waals surface area (Å²) in [5.74, 6) is 0.636. The smallest absolute Gasteiger partial charge is 0.364 e. The predicted molar refractivity (Wildman–Crippen MR) is 58.9 cm³/mol. The van der Waals surface area contributed by atoms with E-state index in [1.54, 1.807) is 14.2 Å². The molecule has 0 aliphatic carbocycles. The second-order valence-electron chi connectivity index (χ2n) is 3.53. The molecule has 5 heteroatoms. The lowest BCUT2D eigenvalue weighted by molar-refractivity contribution is 0.0825. The van der Waals surface area contributed by atoms with Crippen molar-refractivity contribution in [3.63, 3.8) is 0 Å². The number of hydrogen-bond donors (Lipinski definition) is 1. The number of hydrogen-bond acceptors (Lipinski definition) is 4. The topological polar surface area (TPSA) is 39.7 Å². The second kappa shape index (κ2) is 7.36. The summed E-state index contributed by atoms with van der Waals surface area (Å²) in [6.45, 7) is 7.80. The maximum absolute atomic E-state index is 5.66. The fourth-order valence-corrected chi connectivity index (χ4v) is 2.65. The van der Waals surface area contributed by atoms with Crippen LogP contribution in [0.25, 0.3) is 0 Å². The quantitative estimate of drug-likeness (QED) is 0.629. The molecule has 0 aliphatic rings. The summed E-state index contributed by atoms with van der Waals surface area (Å²) in [4.78, 5) is 3.14. The average Bonchev–Trinajstić information content (AvgIpc) is 2.16. The third-order valence-corrected chi connectivity index (χ3v) is 4.36. The predicted octanol–water partition coefficient (Wildman–Crippen LogP) is 1.39. The van der Waals surface area contributed by atoms with E-state index in [2.05, 4.69) is 18.8 Å². The van der Waals surface area contributed by atoms with Crippen LogP contribution in [0, 0.1) is 5.92 Å². The summed E-state index contributed by atoms with van der Waals surface area (Å²) < 4.78 is 16.2. The van der Waals surface area contributed by atoms with Crippen molar-refractivity contribution in [1.29, 1.82) is 0 Å². The van der Waals surface area contributed by atoms with Crippen LogP contribution in [0.2, 0.25) is 0 Å². The van der Waals surface area contributed by atoms with E-state index in [1.807, 2.05) is 6.92 Å². The van der Waals surface area contributed by atoms with Crippen LogP contribution in [0.4, 0.5) is 0 Å². The molecule has 0 amide bonds. The Morgan fingerprint density at radius 2 is 1.79 bits per heavy atom. The minimum atomic E-state index is -2.56. The van der Waals surface area contributed by atoms with Gasteiger partial charge >= 0.3 is 8.97 Å². The lowest BCUT2D eigenvalue weighted by atomic mass is 10.2. The largest absolute Gasteiger partial charge is 0.596 e. The lowest BCUT2D eigenvalue weighted by Crippen LogP contribution is -2.57. The van der Waals surface area contributed by atoms with Crippen molar-refractivity contribution < 1.29 is 13.3 Å². The van der Waals surface area contributed by atoms with Gasteiger partial charge in [-0.05, 0) is 18.9 Å². The van der Waals surface area contributed by atoms with Gasteiger partial charge in [-0.2, -0.15) is 0 Å². The summed E-state index contributed by atoms with van der Waals surface area (Å²) in [6, 6.07) is 0. The summed E-state index contributed by atoms with van der Waals surface area (Å²) >= 11 is 0. The molecule has 0 saturated carbocycles. The van der Waals surface area contributed by atoms with E-state index in [0.29, 0.717) is 12.5 Å². The van der Waals surface area contributed by atoms with Crippen molar-refractivity contribution in [3.05, 3.63) is 0 Å². The summed E-state index contributed by atoms with van der Waals surface area (Å²) in [5, 5.41) is 0. The van der Waals surface area contributed by atoms with Crippen molar-refractivity contribution in [2.75, 3.05) is 27.4 Å². The average molecular weight is 221 g/mol. The Hall–Kier alpha value is 0.0569. The fourth-order valence-electron chi connectivity index (χ4n) is 1.04. The minimum absolute atomic E-state index is 0.636. The molecule has 0 bridgehead atoms. The van der Waals surface area contributed by atoms with Crippen LogP contribution in [0.1, 0.15) is 27.2 Å². The minimum Gasteiger partial charge on any atom is -0.364 e. The van der Waals surface area contributed by atoms with Gasteiger partial charge in [0.25, 0.3) is 0 Å². The standard InChI is InChI=1S/C9H23NO3Si/c1-6-10-14(11-4,12-5)13-8-7-9(2)3/h9-10H,6-8H2,1-5H3. The van der Waals surface area contributed by atoms with Crippen molar-refractivity contribution in [1.82, 2.24) is 4.98 Å². The second-order valence-corrected chi connectivity index (χ2v) is 6.10. The van der Waals surface area contributed by atoms with Gasteiger partial charge in [-0.25, -0.2) is 0 Å². The molecule has 0 unspecified atom stereocenters. The monoisotopic (exact) mass is 221 g/mol. The molecule has 0 heterocycles. The van der Waals surface area contributed by atoms with Crippen molar-refractivity contribution in [2.45, 2.75) is 27.2 Å². The zero-order valence-electron chi connectivity index (χ0n) is 9.92. The zero-order chi connectivity index (χ0) is 11.0. The van der Waals surface area contributed by atoms with Gasteiger partial charge in [-0.15, -0.1) is 0 Å². The third kappa shape index (κ3) is 5.07. The van der Waals surface area contributed by atoms with Gasteiger partial charge < -0.3 is 13.3 Å². The van der Waals surface area contributed by atoms with Gasteiger partial charge in [0.2, 0.25) is 0 Å². The molecule has 14 heavy (non-hydrogen) atoms. The first-order valence-electron chi connectivity index (χ1n) is 5.09. The summed E-state index contributed by atoms with van der Waals surface area (Å²) in [7, 11) is 0.677. The van der Waals surface area contributed by atoms with Crippen LogP contribution in [-0.2, 0) is 13.3 Å². The molecular weight excluding hydrogens is 198 g/mol. The maximum atomic E-state index is 5.66. The Labute approximate surface area is 88.4 Å². The van der Waals surface area contributed by atoms with E-state index >= 15 is 0 Å². The van der Waals surface area contributed by atoms with Gasteiger partial charge in [0, 0.05) is 20.8 Å². The highest BCUT2D eigenvalue weighted by molar-refractivity contribution is 6.57. The molecule has 0 rings (SSSR count). The van der Waals surface area contributed by atoms with Gasteiger partial charge in [0.15, 0.2) is 0 Å². The Morgan fingerprint density at radius 3 is 2.14 bits per heavy atom. The highest BCUT2D eigenvalue weighted by atomic mass is 28.4. The normalized spacial score (nSPS) is 12.4. The number of nitrogens with one attached hydrogen (secondary N) is 1. The zero-order valence-corrected chi connectivity index (χ0v) is 10.9. The van der Waals surface area contributed by atoms with Gasteiger partial charge in [0.05, 0.1) is 0 Å².